The van der Waals surface area contributed by atoms with Gasteiger partial charge in [-0.25, -0.2) is 4.98 Å². The van der Waals surface area contributed by atoms with Crippen molar-refractivity contribution in [2.75, 3.05) is 0 Å². The minimum atomic E-state index is -0.378. The number of nitrogens with zero attached hydrogens (tertiary/aromatic N) is 4. The zero-order valence-corrected chi connectivity index (χ0v) is 47.6. The summed E-state index contributed by atoms with van der Waals surface area (Å²) in [5, 5.41) is 2.41. The molecule has 0 radical (unpaired) electrons. The Kier molecular flexibility index (Phi) is 13.0. The molecule has 0 aliphatic heterocycles. The Bertz CT molecular complexity index is 3670. The predicted molar refractivity (Wildman–Crippen MR) is 317 cm³/mol. The smallest absolute Gasteiger partial charge is 0.269 e. The fourth-order valence-electron chi connectivity index (χ4n) is 11.0. The fraction of sp³-hybridized carbons (Fsp3) is 0.296. The number of imidazole rings is 1. The Morgan fingerprint density at radius 2 is 0.947 bits per heavy atom. The van der Waals surface area contributed by atoms with Gasteiger partial charge in [-0.15, -0.1) is 0 Å². The Morgan fingerprint density at radius 3 is 1.47 bits per heavy atom. The lowest BCUT2D eigenvalue weighted by atomic mass is 9.73. The van der Waals surface area contributed by atoms with Crippen molar-refractivity contribution in [3.05, 3.63) is 245 Å². The van der Waals surface area contributed by atoms with Crippen molar-refractivity contribution in [1.29, 1.82) is 0 Å². The summed E-state index contributed by atoms with van der Waals surface area (Å²) in [5.74, 6) is 2.40. The molecule has 0 bridgehead atoms. The average Bonchev–Trinajstić information content (AvgIpc) is 4.01. The number of rotatable bonds is 11. The van der Waals surface area contributed by atoms with Crippen LogP contribution in [0.4, 0.5) is 0 Å². The van der Waals surface area contributed by atoms with E-state index < -0.39 is 0 Å². The van der Waals surface area contributed by atoms with E-state index in [-0.39, 0.29) is 32.5 Å². The molecule has 386 valence electrons. The number of hydrogen-bond acceptors (Lipinski definition) is 2. The van der Waals surface area contributed by atoms with Gasteiger partial charge in [0.05, 0.1) is 28.1 Å². The molecule has 0 N–H and O–H groups in total. The summed E-state index contributed by atoms with van der Waals surface area (Å²) >= 11 is 0. The summed E-state index contributed by atoms with van der Waals surface area (Å²) in [4.78, 5) is 5.04. The van der Waals surface area contributed by atoms with Crippen LogP contribution >= 0.6 is 0 Å². The van der Waals surface area contributed by atoms with Crippen LogP contribution in [0.15, 0.2) is 188 Å². The first-order chi connectivity index (χ1) is 35.8. The molecule has 10 aromatic rings. The monoisotopic (exact) mass is 1000 g/mol. The molecule has 0 unspecified atom stereocenters. The molecule has 0 aliphatic rings. The normalized spacial score (nSPS) is 12.9. The molecule has 0 spiro atoms. The van der Waals surface area contributed by atoms with E-state index in [2.05, 4.69) is 306 Å². The number of fused-ring (bicyclic) bond motifs is 3. The maximum Gasteiger partial charge on any atom is 0.269 e. The molecular formula is C71H76N4O. The minimum Gasteiger partial charge on any atom is -0.458 e. The van der Waals surface area contributed by atoms with Gasteiger partial charge in [-0.2, -0.15) is 0 Å². The van der Waals surface area contributed by atoms with Crippen molar-refractivity contribution in [2.45, 2.75) is 136 Å². The van der Waals surface area contributed by atoms with Crippen LogP contribution in [0.5, 0.6) is 11.5 Å². The van der Waals surface area contributed by atoms with Crippen molar-refractivity contribution < 1.29 is 9.30 Å². The van der Waals surface area contributed by atoms with E-state index in [4.69, 9.17) is 9.72 Å². The summed E-state index contributed by atoms with van der Waals surface area (Å²) in [5.41, 5.74) is 13.7. The number of ether oxygens (including phenoxy) is 1. The lowest BCUT2D eigenvalue weighted by Crippen LogP contribution is -2.39. The zero-order valence-electron chi connectivity index (χ0n) is 47.6. The van der Waals surface area contributed by atoms with Crippen molar-refractivity contribution in [1.82, 2.24) is 14.1 Å². The van der Waals surface area contributed by atoms with Gasteiger partial charge in [-0.05, 0) is 115 Å². The number of pyridine rings is 1. The van der Waals surface area contributed by atoms with E-state index in [1.54, 1.807) is 0 Å². The highest BCUT2D eigenvalue weighted by molar-refractivity contribution is 6.11. The molecule has 0 saturated heterocycles. The summed E-state index contributed by atoms with van der Waals surface area (Å²) in [6, 6.07) is 64.1. The van der Waals surface area contributed by atoms with Gasteiger partial charge < -0.3 is 4.74 Å². The molecule has 76 heavy (non-hydrogen) atoms. The number of benzene rings is 7. The van der Waals surface area contributed by atoms with Gasteiger partial charge in [0.25, 0.3) is 6.33 Å². The van der Waals surface area contributed by atoms with E-state index in [9.17, 15) is 0 Å². The SMILES string of the molecule is CC(C)(C)c1ccnc(-n2c3ccccc3c3c(C(C)(C)C)cc(Oc4cc(-n5[c-][n+](-c6cc(C(C)(C)c7ccccc7)cc(C(C)(C)c7ccccc7)c6)c(C(C)(C)C)c5)cc(C(C)(C)c5ccccc5)c4)cc32)c1. The third kappa shape index (κ3) is 9.70. The zero-order chi connectivity index (χ0) is 54.2. The highest BCUT2D eigenvalue weighted by Crippen LogP contribution is 2.44. The van der Waals surface area contributed by atoms with E-state index >= 15 is 0 Å². The predicted octanol–water partition coefficient (Wildman–Crippen LogP) is 17.7. The first-order valence-electron chi connectivity index (χ1n) is 27.1. The first-order valence-corrected chi connectivity index (χ1v) is 27.1. The van der Waals surface area contributed by atoms with E-state index in [1.807, 2.05) is 6.20 Å². The molecule has 10 rings (SSSR count). The second-order valence-corrected chi connectivity index (χ2v) is 25.7. The van der Waals surface area contributed by atoms with Crippen LogP contribution in [-0.4, -0.2) is 14.1 Å². The highest BCUT2D eigenvalue weighted by atomic mass is 16.5. The van der Waals surface area contributed by atoms with Crippen molar-refractivity contribution in [3.8, 4) is 28.7 Å². The van der Waals surface area contributed by atoms with E-state index in [0.717, 1.165) is 51.0 Å². The maximum absolute atomic E-state index is 7.33. The van der Waals surface area contributed by atoms with Crippen LogP contribution in [0.1, 0.15) is 154 Å². The molecule has 3 aromatic heterocycles. The van der Waals surface area contributed by atoms with Crippen LogP contribution in [0, 0.1) is 6.33 Å². The standard InChI is InChI=1S/C71H76N4O/c1-66(2,3)51-35-36-72-64(42-51)75-61-34-26-25-33-59(61)65-60(67(4,5)6)44-58(45-62(65)75)76-57-41-54(71(14,15)50-31-23-18-24-32-50)38-55(43-57)73-46-63(68(7,8)9)74(47-73)56-39-52(69(10,11)48-27-19-16-20-28-48)37-53(40-56)70(12,13)49-29-21-17-22-30-49/h16-46H,1-15H3. The molecule has 0 atom stereocenters. The van der Waals surface area contributed by atoms with Gasteiger partial charge >= 0.3 is 0 Å². The molecular weight excluding hydrogens is 925 g/mol. The van der Waals surface area contributed by atoms with Gasteiger partial charge in [0, 0.05) is 45.5 Å². The van der Waals surface area contributed by atoms with Crippen molar-refractivity contribution >= 4 is 21.8 Å². The second kappa shape index (κ2) is 19.0. The van der Waals surface area contributed by atoms with Crippen LogP contribution in [0.25, 0.3) is 39.0 Å². The largest absolute Gasteiger partial charge is 0.458 e. The highest BCUT2D eigenvalue weighted by Gasteiger charge is 2.32. The summed E-state index contributed by atoms with van der Waals surface area (Å²) < 4.78 is 14.1. The van der Waals surface area contributed by atoms with Crippen LogP contribution < -0.4 is 9.30 Å². The average molecular weight is 1000 g/mol. The van der Waals surface area contributed by atoms with Gasteiger partial charge in [0.1, 0.15) is 17.3 Å². The number of para-hydroxylation sites is 1. The maximum atomic E-state index is 7.33. The second-order valence-electron chi connectivity index (χ2n) is 25.7. The molecule has 0 saturated carbocycles. The van der Waals surface area contributed by atoms with Crippen LogP contribution in [0.2, 0.25) is 0 Å². The van der Waals surface area contributed by atoms with Crippen LogP contribution in [0.3, 0.4) is 0 Å². The number of aromatic nitrogens is 4. The van der Waals surface area contributed by atoms with Crippen molar-refractivity contribution in [3.63, 3.8) is 0 Å². The third-order valence-corrected chi connectivity index (χ3v) is 16.1. The van der Waals surface area contributed by atoms with Gasteiger partial charge in [0.2, 0.25) is 0 Å². The lowest BCUT2D eigenvalue weighted by Gasteiger charge is -2.32. The molecule has 7 aromatic carbocycles. The molecule has 0 aliphatic carbocycles. The quantitative estimate of drug-likeness (QED) is 0.0956. The van der Waals surface area contributed by atoms with Gasteiger partial charge in [0.15, 0.2) is 0 Å². The third-order valence-electron chi connectivity index (χ3n) is 16.1. The van der Waals surface area contributed by atoms with Crippen LogP contribution in [-0.2, 0) is 32.5 Å². The Morgan fingerprint density at radius 1 is 0.434 bits per heavy atom. The Balaban J connectivity index is 1.18. The van der Waals surface area contributed by atoms with E-state index in [0.29, 0.717) is 0 Å². The summed E-state index contributed by atoms with van der Waals surface area (Å²) in [7, 11) is 0. The first kappa shape index (κ1) is 52.0. The number of hydrogen-bond donors (Lipinski definition) is 0. The summed E-state index contributed by atoms with van der Waals surface area (Å²) in [6.07, 6.45) is 8.16. The summed E-state index contributed by atoms with van der Waals surface area (Å²) in [6.45, 7) is 34.5. The van der Waals surface area contributed by atoms with Crippen molar-refractivity contribution in [2.24, 2.45) is 0 Å². The van der Waals surface area contributed by atoms with Gasteiger partial charge in [-0.1, -0.05) is 219 Å². The van der Waals surface area contributed by atoms with Gasteiger partial charge in [-0.3, -0.25) is 13.7 Å². The fourth-order valence-corrected chi connectivity index (χ4v) is 11.0. The minimum absolute atomic E-state index is 0.0485. The molecule has 5 heteroatoms. The lowest BCUT2D eigenvalue weighted by molar-refractivity contribution is -0.611. The topological polar surface area (TPSA) is 35.9 Å². The Hall–Kier alpha value is -7.50. The molecule has 3 heterocycles. The van der Waals surface area contributed by atoms with E-state index in [1.165, 1.54) is 49.7 Å². The molecule has 0 amide bonds. The Labute approximate surface area is 452 Å². The molecule has 5 nitrogen and oxygen atoms in total. The molecule has 0 fully saturated rings.